The Labute approximate surface area is 124 Å². The lowest BCUT2D eigenvalue weighted by atomic mass is 10.1. The predicted molar refractivity (Wildman–Crippen MR) is 84.1 cm³/mol. The number of benzene rings is 2. The maximum Gasteiger partial charge on any atom is 0.335 e. The second-order valence-electron chi connectivity index (χ2n) is 5.37. The first-order valence-electron chi connectivity index (χ1n) is 7.03. The molecule has 0 aliphatic carbocycles. The highest BCUT2D eigenvalue weighted by Gasteiger charge is 2.15. The highest BCUT2D eigenvalue weighted by molar-refractivity contribution is 5.88. The maximum absolute atomic E-state index is 10.8. The van der Waals surface area contributed by atoms with Crippen LogP contribution in [0.1, 0.15) is 21.5 Å². The molecule has 0 radical (unpaired) electrons. The lowest BCUT2D eigenvalue weighted by Crippen LogP contribution is -2.12. The van der Waals surface area contributed by atoms with Crippen LogP contribution in [0, 0.1) is 0 Å². The molecule has 4 nitrogen and oxygen atoms in total. The molecule has 0 unspecified atom stereocenters. The number of hydrogen-bond acceptors (Lipinski definition) is 3. The van der Waals surface area contributed by atoms with Crippen LogP contribution >= 0.6 is 0 Å². The second kappa shape index (κ2) is 5.48. The molecule has 3 rings (SSSR count). The fourth-order valence-corrected chi connectivity index (χ4v) is 2.66. The summed E-state index contributed by atoms with van der Waals surface area (Å²) >= 11 is 0. The van der Waals surface area contributed by atoms with E-state index in [1.54, 1.807) is 24.3 Å². The van der Waals surface area contributed by atoms with Gasteiger partial charge in [0.15, 0.2) is 0 Å². The fourth-order valence-electron chi connectivity index (χ4n) is 2.66. The Morgan fingerprint density at radius 1 is 1.24 bits per heavy atom. The SMILES string of the molecule is CN1CCc2cc(CNc3ccc(C(=O)O)cc3)ccc21. The zero-order valence-corrected chi connectivity index (χ0v) is 12.0. The van der Waals surface area contributed by atoms with Gasteiger partial charge >= 0.3 is 5.97 Å². The summed E-state index contributed by atoms with van der Waals surface area (Å²) in [6.07, 6.45) is 1.10. The number of carbonyl (C=O) groups is 1. The molecule has 1 aliphatic rings. The summed E-state index contributed by atoms with van der Waals surface area (Å²) in [4.78, 5) is 13.1. The minimum absolute atomic E-state index is 0.307. The first-order valence-corrected chi connectivity index (χ1v) is 7.03. The Morgan fingerprint density at radius 2 is 2.00 bits per heavy atom. The molecular formula is C17H18N2O2. The number of carboxylic acids is 1. The third-order valence-electron chi connectivity index (χ3n) is 3.90. The number of aromatic carboxylic acids is 1. The van der Waals surface area contributed by atoms with Crippen molar-refractivity contribution in [3.05, 3.63) is 59.2 Å². The quantitative estimate of drug-likeness (QED) is 0.905. The average Bonchev–Trinajstić information content (AvgIpc) is 2.86. The molecule has 0 fully saturated rings. The van der Waals surface area contributed by atoms with Gasteiger partial charge in [-0.1, -0.05) is 12.1 Å². The minimum Gasteiger partial charge on any atom is -0.478 e. The monoisotopic (exact) mass is 282 g/mol. The van der Waals surface area contributed by atoms with Crippen molar-refractivity contribution in [3.63, 3.8) is 0 Å². The second-order valence-corrected chi connectivity index (χ2v) is 5.37. The summed E-state index contributed by atoms with van der Waals surface area (Å²) in [6, 6.07) is 13.4. The van der Waals surface area contributed by atoms with E-state index >= 15 is 0 Å². The van der Waals surface area contributed by atoms with Crippen molar-refractivity contribution in [2.24, 2.45) is 0 Å². The van der Waals surface area contributed by atoms with Gasteiger partial charge in [0.05, 0.1) is 5.56 Å². The first kappa shape index (κ1) is 13.5. The molecular weight excluding hydrogens is 264 g/mol. The molecule has 0 bridgehead atoms. The normalized spacial score (nSPS) is 13.1. The average molecular weight is 282 g/mol. The number of nitrogens with zero attached hydrogens (tertiary/aromatic N) is 1. The standard InChI is InChI=1S/C17H18N2O2/c1-19-9-8-14-10-12(2-7-16(14)19)11-18-15-5-3-13(4-6-15)17(20)21/h2-7,10,18H,8-9,11H2,1H3,(H,20,21). The summed E-state index contributed by atoms with van der Waals surface area (Å²) < 4.78 is 0. The largest absolute Gasteiger partial charge is 0.478 e. The number of nitrogens with one attached hydrogen (secondary N) is 1. The van der Waals surface area contributed by atoms with Crippen LogP contribution in [0.4, 0.5) is 11.4 Å². The molecule has 108 valence electrons. The predicted octanol–water partition coefficient (Wildman–Crippen LogP) is 2.99. The van der Waals surface area contributed by atoms with E-state index in [4.69, 9.17) is 5.11 Å². The summed E-state index contributed by atoms with van der Waals surface area (Å²) in [5.41, 5.74) is 5.20. The maximum atomic E-state index is 10.8. The van der Waals surface area contributed by atoms with Crippen molar-refractivity contribution < 1.29 is 9.90 Å². The molecule has 4 heteroatoms. The van der Waals surface area contributed by atoms with Crippen molar-refractivity contribution in [2.75, 3.05) is 23.8 Å². The molecule has 2 aromatic rings. The van der Waals surface area contributed by atoms with Crippen molar-refractivity contribution in [2.45, 2.75) is 13.0 Å². The molecule has 2 N–H and O–H groups in total. The van der Waals surface area contributed by atoms with Gasteiger partial charge < -0.3 is 15.3 Å². The molecule has 0 saturated heterocycles. The molecule has 0 amide bonds. The molecule has 1 aliphatic heterocycles. The van der Waals surface area contributed by atoms with Crippen LogP contribution in [0.15, 0.2) is 42.5 Å². The van der Waals surface area contributed by atoms with Crippen LogP contribution in [0.2, 0.25) is 0 Å². The van der Waals surface area contributed by atoms with Crippen LogP contribution < -0.4 is 10.2 Å². The zero-order chi connectivity index (χ0) is 14.8. The van der Waals surface area contributed by atoms with Crippen molar-refractivity contribution >= 4 is 17.3 Å². The van der Waals surface area contributed by atoms with Gasteiger partial charge in [-0.05, 0) is 47.9 Å². The number of carboxylic acid groups (broad SMARTS) is 1. The summed E-state index contributed by atoms with van der Waals surface area (Å²) in [5, 5.41) is 12.2. The van der Waals surface area contributed by atoms with E-state index in [2.05, 4.69) is 35.5 Å². The summed E-state index contributed by atoms with van der Waals surface area (Å²) in [5.74, 6) is -0.899. The highest BCUT2D eigenvalue weighted by atomic mass is 16.4. The van der Waals surface area contributed by atoms with Gasteiger partial charge in [-0.25, -0.2) is 4.79 Å². The van der Waals surface area contributed by atoms with E-state index in [1.807, 2.05) is 0 Å². The third-order valence-corrected chi connectivity index (χ3v) is 3.90. The molecule has 21 heavy (non-hydrogen) atoms. The topological polar surface area (TPSA) is 52.6 Å². The van der Waals surface area contributed by atoms with Crippen LogP contribution in [-0.4, -0.2) is 24.7 Å². The Balaban J connectivity index is 1.66. The zero-order valence-electron chi connectivity index (χ0n) is 12.0. The van der Waals surface area contributed by atoms with Crippen LogP contribution in [0.5, 0.6) is 0 Å². The molecule has 0 spiro atoms. The van der Waals surface area contributed by atoms with E-state index in [0.29, 0.717) is 5.56 Å². The van der Waals surface area contributed by atoms with Crippen molar-refractivity contribution in [1.29, 1.82) is 0 Å². The third kappa shape index (κ3) is 2.84. The highest BCUT2D eigenvalue weighted by Crippen LogP contribution is 2.27. The fraction of sp³-hybridized carbons (Fsp3) is 0.235. The van der Waals surface area contributed by atoms with Crippen LogP contribution in [0.25, 0.3) is 0 Å². The van der Waals surface area contributed by atoms with Gasteiger partial charge in [0.25, 0.3) is 0 Å². The number of hydrogen-bond donors (Lipinski definition) is 2. The number of fused-ring (bicyclic) bond motifs is 1. The summed E-state index contributed by atoms with van der Waals surface area (Å²) in [6.45, 7) is 1.83. The number of rotatable bonds is 4. The van der Waals surface area contributed by atoms with Gasteiger partial charge in [-0.3, -0.25) is 0 Å². The Kier molecular flexibility index (Phi) is 3.52. The van der Waals surface area contributed by atoms with E-state index in [1.165, 1.54) is 16.8 Å². The van der Waals surface area contributed by atoms with Crippen molar-refractivity contribution in [1.82, 2.24) is 0 Å². The van der Waals surface area contributed by atoms with Crippen LogP contribution in [0.3, 0.4) is 0 Å². The van der Waals surface area contributed by atoms with Crippen molar-refractivity contribution in [3.8, 4) is 0 Å². The van der Waals surface area contributed by atoms with Gasteiger partial charge in [-0.2, -0.15) is 0 Å². The van der Waals surface area contributed by atoms with Crippen LogP contribution in [-0.2, 0) is 13.0 Å². The van der Waals surface area contributed by atoms with E-state index in [9.17, 15) is 4.79 Å². The van der Waals surface area contributed by atoms with Gasteiger partial charge in [0.1, 0.15) is 0 Å². The first-order chi connectivity index (χ1) is 10.1. The van der Waals surface area contributed by atoms with E-state index in [-0.39, 0.29) is 0 Å². The molecule has 0 aromatic heterocycles. The molecule has 1 heterocycles. The smallest absolute Gasteiger partial charge is 0.335 e. The van der Waals surface area contributed by atoms with Gasteiger partial charge in [-0.15, -0.1) is 0 Å². The number of anilines is 2. The Morgan fingerprint density at radius 3 is 2.71 bits per heavy atom. The lowest BCUT2D eigenvalue weighted by molar-refractivity contribution is 0.0697. The van der Waals surface area contributed by atoms with E-state index < -0.39 is 5.97 Å². The summed E-state index contributed by atoms with van der Waals surface area (Å²) in [7, 11) is 2.12. The van der Waals surface area contributed by atoms with Gasteiger partial charge in [0, 0.05) is 31.5 Å². The Bertz CT molecular complexity index is 665. The molecule has 0 atom stereocenters. The van der Waals surface area contributed by atoms with E-state index in [0.717, 1.165) is 25.2 Å². The number of likely N-dealkylation sites (N-methyl/N-ethyl adjacent to an activating group) is 1. The lowest BCUT2D eigenvalue weighted by Gasteiger charge is -2.12. The minimum atomic E-state index is -0.899. The molecule has 0 saturated carbocycles. The Hall–Kier alpha value is -2.49. The van der Waals surface area contributed by atoms with Gasteiger partial charge in [0.2, 0.25) is 0 Å². The molecule has 2 aromatic carbocycles.